The van der Waals surface area contributed by atoms with Crippen molar-refractivity contribution >= 4 is 27.1 Å². The first kappa shape index (κ1) is 11.0. The standard InChI is InChI=1S/2C4H9.S.Sn/c2*1-4(2)3;;/h2*1-3H3;;. The fourth-order valence-electron chi connectivity index (χ4n) is 1.12. The average molecular weight is 265 g/mol. The summed E-state index contributed by atoms with van der Waals surface area (Å²) in [6.45, 7) is 13.8. The van der Waals surface area contributed by atoms with Gasteiger partial charge in [-0.15, -0.1) is 0 Å². The van der Waals surface area contributed by atoms with Crippen molar-refractivity contribution in [3.05, 3.63) is 0 Å². The van der Waals surface area contributed by atoms with Crippen LogP contribution in [0.15, 0.2) is 0 Å². The van der Waals surface area contributed by atoms with Gasteiger partial charge < -0.3 is 0 Å². The summed E-state index contributed by atoms with van der Waals surface area (Å²) in [5, 5.41) is 0. The minimum absolute atomic E-state index is 0.454. The molecule has 10 heavy (non-hydrogen) atoms. The van der Waals surface area contributed by atoms with E-state index >= 15 is 0 Å². The Morgan fingerprint density at radius 1 is 0.800 bits per heavy atom. The van der Waals surface area contributed by atoms with E-state index in [0.29, 0.717) is 6.86 Å². The van der Waals surface area contributed by atoms with E-state index in [1.54, 1.807) is 0 Å². The normalized spacial score (nSPS) is 13.4. The van der Waals surface area contributed by atoms with Gasteiger partial charge in [0.2, 0.25) is 0 Å². The fraction of sp³-hybridized carbons (Fsp3) is 1.00. The third-order valence-electron chi connectivity index (χ3n) is 1.36. The van der Waals surface area contributed by atoms with Crippen LogP contribution in [0.5, 0.6) is 0 Å². The summed E-state index contributed by atoms with van der Waals surface area (Å²) in [5.41, 5.74) is 0. The minimum atomic E-state index is -1.55. The molecule has 0 rings (SSSR count). The Balaban J connectivity index is 4.40. The second-order valence-corrected chi connectivity index (χ2v) is 18.0. The maximum absolute atomic E-state index is 5.61. The number of hydrogen-bond donors (Lipinski definition) is 0. The first-order chi connectivity index (χ1) is 4.15. The molecule has 2 heteroatoms. The molecule has 0 atom stereocenters. The zero-order chi connectivity index (χ0) is 8.58. The van der Waals surface area contributed by atoms with Crippen LogP contribution in [0.25, 0.3) is 0 Å². The van der Waals surface area contributed by atoms with E-state index in [1.165, 1.54) is 0 Å². The van der Waals surface area contributed by atoms with E-state index in [2.05, 4.69) is 41.5 Å². The monoisotopic (exact) mass is 266 g/mol. The van der Waals surface area contributed by atoms with Gasteiger partial charge in [-0.1, -0.05) is 0 Å². The van der Waals surface area contributed by atoms with Crippen molar-refractivity contribution in [2.45, 2.75) is 48.4 Å². The Kier molecular flexibility index (Phi) is 3.50. The Bertz CT molecular complexity index is 120. The van der Waals surface area contributed by atoms with Crippen LogP contribution in [0.1, 0.15) is 41.5 Å². The summed E-state index contributed by atoms with van der Waals surface area (Å²) in [7, 11) is 5.61. The molecule has 0 amide bonds. The van der Waals surface area contributed by atoms with E-state index in [4.69, 9.17) is 9.29 Å². The predicted octanol–water partition coefficient (Wildman–Crippen LogP) is 3.78. The van der Waals surface area contributed by atoms with Gasteiger partial charge in [-0.05, 0) is 0 Å². The van der Waals surface area contributed by atoms with E-state index in [1.807, 2.05) is 0 Å². The second-order valence-electron chi connectivity index (χ2n) is 4.83. The summed E-state index contributed by atoms with van der Waals surface area (Å²) in [5.74, 6) is 0. The fourth-order valence-corrected chi connectivity index (χ4v) is 7.55. The van der Waals surface area contributed by atoms with Crippen molar-refractivity contribution in [3.8, 4) is 0 Å². The molecule has 0 aromatic carbocycles. The molecule has 0 aliphatic carbocycles. The van der Waals surface area contributed by atoms with Gasteiger partial charge >= 0.3 is 75.5 Å². The third kappa shape index (κ3) is 3.42. The van der Waals surface area contributed by atoms with Gasteiger partial charge in [0.15, 0.2) is 0 Å². The van der Waals surface area contributed by atoms with Gasteiger partial charge in [0, 0.05) is 0 Å². The van der Waals surface area contributed by atoms with E-state index in [-0.39, 0.29) is 0 Å². The van der Waals surface area contributed by atoms with Crippen molar-refractivity contribution in [1.82, 2.24) is 0 Å². The molecule has 0 spiro atoms. The molecule has 0 aliphatic heterocycles. The van der Waals surface area contributed by atoms with Gasteiger partial charge in [-0.25, -0.2) is 0 Å². The summed E-state index contributed by atoms with van der Waals surface area (Å²) >= 11 is -1.55. The molecule has 0 N–H and O–H groups in total. The van der Waals surface area contributed by atoms with Crippen LogP contribution >= 0.6 is 9.29 Å². The maximum atomic E-state index is 5.61. The Morgan fingerprint density at radius 2 is 1.00 bits per heavy atom. The van der Waals surface area contributed by atoms with Gasteiger partial charge in [-0.3, -0.25) is 0 Å². The molecule has 0 aromatic rings. The summed E-state index contributed by atoms with van der Waals surface area (Å²) < 4.78 is 0.908. The van der Waals surface area contributed by atoms with Gasteiger partial charge in [0.05, 0.1) is 0 Å². The number of hydrogen-bond acceptors (Lipinski definition) is 1. The van der Waals surface area contributed by atoms with Crippen molar-refractivity contribution in [2.75, 3.05) is 0 Å². The van der Waals surface area contributed by atoms with Gasteiger partial charge in [0.25, 0.3) is 0 Å². The quantitative estimate of drug-likeness (QED) is 0.600. The van der Waals surface area contributed by atoms with Crippen LogP contribution in [0.2, 0.25) is 6.86 Å². The third-order valence-corrected chi connectivity index (χ3v) is 17.4. The molecule has 0 radical (unpaired) electrons. The first-order valence-electron chi connectivity index (χ1n) is 3.70. The van der Waals surface area contributed by atoms with Gasteiger partial charge in [-0.2, -0.15) is 0 Å². The molecule has 0 saturated carbocycles. The molecular formula is C8H18SSn. The molecule has 0 bridgehead atoms. The van der Waals surface area contributed by atoms with Crippen molar-refractivity contribution in [3.63, 3.8) is 0 Å². The second kappa shape index (κ2) is 3.18. The van der Waals surface area contributed by atoms with Crippen molar-refractivity contribution in [1.29, 1.82) is 0 Å². The van der Waals surface area contributed by atoms with Crippen LogP contribution in [-0.2, 0) is 0 Å². The predicted molar refractivity (Wildman–Crippen MR) is 52.8 cm³/mol. The van der Waals surface area contributed by atoms with E-state index in [9.17, 15) is 0 Å². The van der Waals surface area contributed by atoms with Crippen LogP contribution < -0.4 is 0 Å². The van der Waals surface area contributed by atoms with Gasteiger partial charge in [0.1, 0.15) is 0 Å². The van der Waals surface area contributed by atoms with Crippen molar-refractivity contribution < 1.29 is 0 Å². The van der Waals surface area contributed by atoms with Crippen LogP contribution in [0.3, 0.4) is 0 Å². The van der Waals surface area contributed by atoms with Crippen LogP contribution in [0, 0.1) is 0 Å². The van der Waals surface area contributed by atoms with Crippen LogP contribution in [0.4, 0.5) is 0 Å². The average Bonchev–Trinajstić information content (AvgIpc) is 1.59. The van der Waals surface area contributed by atoms with E-state index < -0.39 is 17.8 Å². The Hall–Kier alpha value is 1.02. The summed E-state index contributed by atoms with van der Waals surface area (Å²) in [4.78, 5) is 0. The molecule has 0 heterocycles. The zero-order valence-electron chi connectivity index (χ0n) is 7.91. The van der Waals surface area contributed by atoms with Crippen molar-refractivity contribution in [2.24, 2.45) is 0 Å². The zero-order valence-corrected chi connectivity index (χ0v) is 11.6. The molecule has 0 aromatic heterocycles. The molecule has 0 fully saturated rings. The molecule has 60 valence electrons. The topological polar surface area (TPSA) is 0 Å². The molecule has 0 aliphatic rings. The Labute approximate surface area is 75.3 Å². The molecule has 0 nitrogen and oxygen atoms in total. The SMILES string of the molecule is C[C](C)(C)[Sn](=[S])[C](C)(C)C. The Morgan fingerprint density at radius 3 is 1.00 bits per heavy atom. The van der Waals surface area contributed by atoms with Crippen LogP contribution in [-0.4, -0.2) is 17.8 Å². The van der Waals surface area contributed by atoms with E-state index in [0.717, 1.165) is 0 Å². The molecule has 0 saturated heterocycles. The summed E-state index contributed by atoms with van der Waals surface area (Å²) in [6, 6.07) is 0. The summed E-state index contributed by atoms with van der Waals surface area (Å²) in [6.07, 6.45) is 0. The molecule has 0 unspecified atom stereocenters. The first-order valence-corrected chi connectivity index (χ1v) is 10.5. The molecular weight excluding hydrogens is 247 g/mol. The number of rotatable bonds is 0.